The highest BCUT2D eigenvalue weighted by Crippen LogP contribution is 2.27. The number of H-pyrrole nitrogens is 1. The van der Waals surface area contributed by atoms with E-state index in [-0.39, 0.29) is 24.2 Å². The zero-order valence-electron chi connectivity index (χ0n) is 11.3. The number of amides is 2. The molecule has 21 heavy (non-hydrogen) atoms. The number of carbonyl (C=O) groups is 2. The lowest BCUT2D eigenvalue weighted by atomic mass is 9.89. The second-order valence-electron chi connectivity index (χ2n) is 4.97. The van der Waals surface area contributed by atoms with E-state index in [1.807, 2.05) is 24.3 Å². The highest BCUT2D eigenvalue weighted by atomic mass is 16.2. The van der Waals surface area contributed by atoms with Crippen molar-refractivity contribution in [1.82, 2.24) is 15.2 Å². The topological polar surface area (TPSA) is 99.8 Å². The highest BCUT2D eigenvalue weighted by molar-refractivity contribution is 5.96. The van der Waals surface area contributed by atoms with Gasteiger partial charge < -0.3 is 5.32 Å². The number of nitrogens with zero attached hydrogens (tertiary/aromatic N) is 2. The van der Waals surface area contributed by atoms with Gasteiger partial charge in [-0.1, -0.05) is 18.2 Å². The van der Waals surface area contributed by atoms with Gasteiger partial charge in [0.05, 0.1) is 0 Å². The lowest BCUT2D eigenvalue weighted by molar-refractivity contribution is -0.121. The van der Waals surface area contributed by atoms with Crippen molar-refractivity contribution in [3.63, 3.8) is 0 Å². The minimum atomic E-state index is -0.182. The third-order valence-corrected chi connectivity index (χ3v) is 3.51. The number of benzene rings is 1. The van der Waals surface area contributed by atoms with E-state index >= 15 is 0 Å². The van der Waals surface area contributed by atoms with Crippen LogP contribution in [0.3, 0.4) is 0 Å². The summed E-state index contributed by atoms with van der Waals surface area (Å²) in [5.41, 5.74) is 1.97. The number of fused-ring (bicyclic) bond motifs is 1. The molecule has 0 unspecified atom stereocenters. The monoisotopic (exact) mass is 285 g/mol. The Morgan fingerprint density at radius 2 is 2.24 bits per heavy atom. The smallest absolute Gasteiger partial charge is 0.227 e. The molecule has 0 fully saturated rings. The van der Waals surface area contributed by atoms with Crippen LogP contribution < -0.4 is 10.6 Å². The van der Waals surface area contributed by atoms with Crippen LogP contribution in [-0.2, 0) is 16.0 Å². The molecular weight excluding hydrogens is 270 g/mol. The van der Waals surface area contributed by atoms with E-state index in [1.165, 1.54) is 6.33 Å². The van der Waals surface area contributed by atoms with Crippen molar-refractivity contribution < 1.29 is 9.59 Å². The lowest BCUT2D eigenvalue weighted by Gasteiger charge is -2.24. The van der Waals surface area contributed by atoms with Crippen LogP contribution in [0.1, 0.15) is 18.4 Å². The third-order valence-electron chi connectivity index (χ3n) is 3.51. The molecule has 2 amide bonds. The number of rotatable bonds is 4. The van der Waals surface area contributed by atoms with E-state index in [1.54, 1.807) is 0 Å². The third kappa shape index (κ3) is 3.07. The molecule has 0 saturated carbocycles. The van der Waals surface area contributed by atoms with Crippen LogP contribution in [0.2, 0.25) is 0 Å². The van der Waals surface area contributed by atoms with Crippen LogP contribution in [0.5, 0.6) is 0 Å². The second kappa shape index (κ2) is 5.74. The van der Waals surface area contributed by atoms with Gasteiger partial charge in [-0.15, -0.1) is 0 Å². The molecule has 7 nitrogen and oxygen atoms in total. The molecular formula is C14H15N5O2. The van der Waals surface area contributed by atoms with Crippen LogP contribution in [0.15, 0.2) is 30.6 Å². The predicted octanol–water partition coefficient (Wildman–Crippen LogP) is 1.33. The summed E-state index contributed by atoms with van der Waals surface area (Å²) in [6.45, 7) is 0. The minimum absolute atomic E-state index is 0.0267. The number of carbonyl (C=O) groups excluding carboxylic acids is 2. The van der Waals surface area contributed by atoms with Gasteiger partial charge in [0.15, 0.2) is 0 Å². The Kier molecular flexibility index (Phi) is 3.63. The Morgan fingerprint density at radius 1 is 1.38 bits per heavy atom. The van der Waals surface area contributed by atoms with Crippen molar-refractivity contribution in [2.24, 2.45) is 5.92 Å². The summed E-state index contributed by atoms with van der Waals surface area (Å²) in [6, 6.07) is 7.73. The number of aromatic nitrogens is 3. The van der Waals surface area contributed by atoms with Crippen molar-refractivity contribution in [3.8, 4) is 0 Å². The number of anilines is 2. The molecule has 0 spiro atoms. The Labute approximate surface area is 121 Å². The summed E-state index contributed by atoms with van der Waals surface area (Å²) in [5, 5.41) is 11.7. The fourth-order valence-electron chi connectivity index (χ4n) is 2.41. The molecule has 3 rings (SSSR count). The van der Waals surface area contributed by atoms with E-state index < -0.39 is 0 Å². The lowest BCUT2D eigenvalue weighted by Crippen LogP contribution is -2.30. The van der Waals surface area contributed by atoms with Gasteiger partial charge in [0.2, 0.25) is 17.8 Å². The van der Waals surface area contributed by atoms with Crippen LogP contribution in [0, 0.1) is 5.92 Å². The van der Waals surface area contributed by atoms with Crippen molar-refractivity contribution in [2.45, 2.75) is 19.3 Å². The molecule has 1 atom stereocenters. The Hall–Kier alpha value is -2.70. The first kappa shape index (κ1) is 13.3. The van der Waals surface area contributed by atoms with Gasteiger partial charge in [0.25, 0.3) is 0 Å². The summed E-state index contributed by atoms with van der Waals surface area (Å²) >= 11 is 0. The molecule has 2 heterocycles. The zero-order valence-corrected chi connectivity index (χ0v) is 11.3. The van der Waals surface area contributed by atoms with E-state index in [0.717, 1.165) is 11.3 Å². The summed E-state index contributed by atoms with van der Waals surface area (Å²) in [6.07, 6.45) is 2.75. The van der Waals surface area contributed by atoms with E-state index in [4.69, 9.17) is 0 Å². The molecule has 1 aromatic heterocycles. The Balaban J connectivity index is 1.56. The zero-order chi connectivity index (χ0) is 14.7. The normalized spacial score (nSPS) is 17.0. The maximum absolute atomic E-state index is 12.0. The largest absolute Gasteiger partial charge is 0.326 e. The van der Waals surface area contributed by atoms with Crippen molar-refractivity contribution in [2.75, 3.05) is 10.6 Å². The number of nitrogens with one attached hydrogen (secondary N) is 3. The molecule has 7 heteroatoms. The fourth-order valence-corrected chi connectivity index (χ4v) is 2.41. The van der Waals surface area contributed by atoms with Crippen LogP contribution in [0.25, 0.3) is 0 Å². The molecule has 108 valence electrons. The first-order chi connectivity index (χ1) is 10.2. The fraction of sp³-hybridized carbons (Fsp3) is 0.286. The Bertz CT molecular complexity index is 653. The average Bonchev–Trinajstić information content (AvgIpc) is 2.98. The van der Waals surface area contributed by atoms with Crippen LogP contribution >= 0.6 is 0 Å². The summed E-state index contributed by atoms with van der Waals surface area (Å²) in [5.74, 6) is -0.0709. The average molecular weight is 285 g/mol. The minimum Gasteiger partial charge on any atom is -0.326 e. The summed E-state index contributed by atoms with van der Waals surface area (Å²) in [4.78, 5) is 27.6. The summed E-state index contributed by atoms with van der Waals surface area (Å²) < 4.78 is 0. The SMILES string of the molecule is O=C(CC[C@H]1Cc2ccccc2NC1=O)Nc1ncn[nH]1. The molecule has 2 aromatic rings. The number of hydrogen-bond acceptors (Lipinski definition) is 4. The first-order valence-corrected chi connectivity index (χ1v) is 6.76. The second-order valence-corrected chi connectivity index (χ2v) is 4.97. The number of aromatic amines is 1. The van der Waals surface area contributed by atoms with Gasteiger partial charge in [-0.2, -0.15) is 10.1 Å². The maximum atomic E-state index is 12.0. The van der Waals surface area contributed by atoms with Gasteiger partial charge in [0, 0.05) is 18.0 Å². The van der Waals surface area contributed by atoms with Gasteiger partial charge in [-0.25, -0.2) is 5.10 Å². The van der Waals surface area contributed by atoms with Gasteiger partial charge in [0.1, 0.15) is 6.33 Å². The van der Waals surface area contributed by atoms with Crippen molar-refractivity contribution >= 4 is 23.5 Å². The number of para-hydroxylation sites is 1. The van der Waals surface area contributed by atoms with Crippen molar-refractivity contribution in [1.29, 1.82) is 0 Å². The molecule has 0 radical (unpaired) electrons. The molecule has 0 saturated heterocycles. The van der Waals surface area contributed by atoms with Gasteiger partial charge in [-0.3, -0.25) is 14.9 Å². The maximum Gasteiger partial charge on any atom is 0.227 e. The summed E-state index contributed by atoms with van der Waals surface area (Å²) in [7, 11) is 0. The molecule has 0 aliphatic carbocycles. The molecule has 1 aromatic carbocycles. The molecule has 0 bridgehead atoms. The Morgan fingerprint density at radius 3 is 3.05 bits per heavy atom. The van der Waals surface area contributed by atoms with Gasteiger partial charge >= 0.3 is 0 Å². The molecule has 1 aliphatic rings. The predicted molar refractivity (Wildman–Crippen MR) is 76.5 cm³/mol. The van der Waals surface area contributed by atoms with E-state index in [0.29, 0.717) is 18.8 Å². The standard InChI is InChI=1S/C14H15N5O2/c20-12(18-14-15-8-16-19-14)6-5-10-7-9-3-1-2-4-11(9)17-13(10)21/h1-4,8,10H,5-7H2,(H,17,21)(H2,15,16,18,19,20)/t10-/m0/s1. The van der Waals surface area contributed by atoms with E-state index in [9.17, 15) is 9.59 Å². The molecule has 3 N–H and O–H groups in total. The number of hydrogen-bond donors (Lipinski definition) is 3. The highest BCUT2D eigenvalue weighted by Gasteiger charge is 2.26. The quantitative estimate of drug-likeness (QED) is 0.789. The van der Waals surface area contributed by atoms with Gasteiger partial charge in [-0.05, 0) is 24.5 Å². The molecule has 1 aliphatic heterocycles. The first-order valence-electron chi connectivity index (χ1n) is 6.76. The van der Waals surface area contributed by atoms with Crippen LogP contribution in [-0.4, -0.2) is 27.0 Å². The van der Waals surface area contributed by atoms with Crippen LogP contribution in [0.4, 0.5) is 11.6 Å². The van der Waals surface area contributed by atoms with Crippen molar-refractivity contribution in [3.05, 3.63) is 36.2 Å². The van der Waals surface area contributed by atoms with E-state index in [2.05, 4.69) is 25.8 Å².